The highest BCUT2D eigenvalue weighted by molar-refractivity contribution is 5.85. The molecule has 1 aromatic heterocycles. The van der Waals surface area contributed by atoms with E-state index in [9.17, 15) is 23.2 Å². The molecule has 1 aliphatic heterocycles. The van der Waals surface area contributed by atoms with E-state index < -0.39 is 40.3 Å². The fraction of sp³-hybridized carbons (Fsp3) is 0.421. The number of amides is 1. The number of nitrogens with one attached hydrogen (secondary N) is 3. The molecule has 2 aromatic rings. The van der Waals surface area contributed by atoms with Crippen molar-refractivity contribution < 1.29 is 18.3 Å². The van der Waals surface area contributed by atoms with Crippen LogP contribution in [0.3, 0.4) is 0 Å². The van der Waals surface area contributed by atoms with Gasteiger partial charge in [-0.1, -0.05) is 18.2 Å². The Labute approximate surface area is 158 Å². The Hall–Kier alpha value is -2.97. The van der Waals surface area contributed by atoms with E-state index in [0.29, 0.717) is 23.9 Å². The van der Waals surface area contributed by atoms with Crippen LogP contribution < -0.4 is 21.3 Å². The summed E-state index contributed by atoms with van der Waals surface area (Å²) in [5, 5.41) is 2.39. The molecule has 0 bridgehead atoms. The largest absolute Gasteiger partial charge is 0.487 e. The third kappa shape index (κ3) is 3.10. The zero-order valence-electron chi connectivity index (χ0n) is 14.9. The number of rotatable bonds is 3. The van der Waals surface area contributed by atoms with E-state index in [1.807, 2.05) is 4.98 Å². The van der Waals surface area contributed by atoms with Crippen LogP contribution in [-0.4, -0.2) is 21.5 Å². The van der Waals surface area contributed by atoms with E-state index in [4.69, 9.17) is 4.74 Å². The second kappa shape index (κ2) is 6.57. The Morgan fingerprint density at radius 3 is 2.64 bits per heavy atom. The van der Waals surface area contributed by atoms with Gasteiger partial charge < -0.3 is 15.0 Å². The van der Waals surface area contributed by atoms with E-state index in [-0.39, 0.29) is 0 Å². The van der Waals surface area contributed by atoms with Crippen LogP contribution in [0.5, 0.6) is 5.75 Å². The number of H-pyrrole nitrogens is 2. The highest BCUT2D eigenvalue weighted by Crippen LogP contribution is 2.47. The molecule has 1 spiro atoms. The molecule has 4 rings (SSSR count). The van der Waals surface area contributed by atoms with E-state index in [1.165, 1.54) is 0 Å². The predicted octanol–water partition coefficient (Wildman–Crippen LogP) is 2.11. The minimum Gasteiger partial charge on any atom is -0.487 e. The first kappa shape index (κ1) is 18.4. The molecule has 1 atom stereocenters. The van der Waals surface area contributed by atoms with Crippen molar-refractivity contribution >= 4 is 5.91 Å². The van der Waals surface area contributed by atoms with Gasteiger partial charge in [0, 0.05) is 18.2 Å². The van der Waals surface area contributed by atoms with Crippen LogP contribution in [0.15, 0.2) is 40.1 Å². The maximum absolute atomic E-state index is 14.7. The number of aromatic amines is 2. The summed E-state index contributed by atoms with van der Waals surface area (Å²) in [4.78, 5) is 38.9. The number of ether oxygens (including phenoxy) is 1. The van der Waals surface area contributed by atoms with Crippen molar-refractivity contribution in [2.75, 3.05) is 0 Å². The van der Waals surface area contributed by atoms with Crippen molar-refractivity contribution in [3.05, 3.63) is 62.4 Å². The number of carbonyl (C=O) groups excluding carboxylic acids is 1. The minimum absolute atomic E-state index is 0.383. The minimum atomic E-state index is -4.10. The van der Waals surface area contributed by atoms with Crippen LogP contribution >= 0.6 is 0 Å². The third-order valence-corrected chi connectivity index (χ3v) is 5.46. The molecule has 0 saturated heterocycles. The number of benzene rings is 1. The summed E-state index contributed by atoms with van der Waals surface area (Å²) < 4.78 is 35.5. The van der Waals surface area contributed by atoms with Gasteiger partial charge in [-0.25, -0.2) is 4.79 Å². The first-order valence-corrected chi connectivity index (χ1v) is 9.10. The number of hydrogen-bond acceptors (Lipinski definition) is 4. The smallest absolute Gasteiger partial charge is 0.356 e. The molecule has 1 aromatic carbocycles. The number of carbonyl (C=O) groups is 1. The number of halogens is 2. The molecule has 9 heteroatoms. The van der Waals surface area contributed by atoms with Crippen molar-refractivity contribution in [2.24, 2.45) is 0 Å². The van der Waals surface area contributed by atoms with Gasteiger partial charge in [0.05, 0.1) is 6.04 Å². The van der Waals surface area contributed by atoms with Gasteiger partial charge in [0.15, 0.2) is 0 Å². The van der Waals surface area contributed by atoms with Crippen LogP contribution in [0.25, 0.3) is 0 Å². The lowest BCUT2D eigenvalue weighted by molar-refractivity contribution is -0.148. The molecule has 1 fully saturated rings. The molecule has 0 radical (unpaired) electrons. The molecule has 1 saturated carbocycles. The standard InChI is InChI=1S/C19H19F2N3O4/c20-19(21,12-10-22-17(27)24-15(12)25)16(26)23-13-9-18(7-3-4-8-18)28-14-6-2-1-5-11(13)14/h1-2,5-6,10,13H,3-4,7-9H2,(H,23,26)(H2,22,24,25,27). The van der Waals surface area contributed by atoms with Gasteiger partial charge in [0.1, 0.15) is 16.9 Å². The summed E-state index contributed by atoms with van der Waals surface area (Å²) in [6.07, 6.45) is 4.50. The Morgan fingerprint density at radius 2 is 1.93 bits per heavy atom. The first-order valence-electron chi connectivity index (χ1n) is 9.10. The molecule has 2 aliphatic rings. The molecule has 1 aliphatic carbocycles. The molecular weight excluding hydrogens is 372 g/mol. The number of aromatic nitrogens is 2. The van der Waals surface area contributed by atoms with Gasteiger partial charge in [-0.2, -0.15) is 8.78 Å². The Morgan fingerprint density at radius 1 is 1.21 bits per heavy atom. The van der Waals surface area contributed by atoms with Crippen molar-refractivity contribution in [1.29, 1.82) is 0 Å². The molecular formula is C19H19F2N3O4. The van der Waals surface area contributed by atoms with Gasteiger partial charge in [-0.05, 0) is 31.7 Å². The molecule has 3 N–H and O–H groups in total. The number of alkyl halides is 2. The summed E-state index contributed by atoms with van der Waals surface area (Å²) >= 11 is 0. The third-order valence-electron chi connectivity index (χ3n) is 5.46. The average Bonchev–Trinajstić information content (AvgIpc) is 3.08. The van der Waals surface area contributed by atoms with Crippen molar-refractivity contribution in [3.8, 4) is 5.75 Å². The maximum atomic E-state index is 14.7. The van der Waals surface area contributed by atoms with Gasteiger partial charge >= 0.3 is 11.6 Å². The van der Waals surface area contributed by atoms with Gasteiger partial charge in [-0.3, -0.25) is 14.6 Å². The van der Waals surface area contributed by atoms with Crippen LogP contribution in [0.4, 0.5) is 8.78 Å². The monoisotopic (exact) mass is 391 g/mol. The Balaban J connectivity index is 1.64. The predicted molar refractivity (Wildman–Crippen MR) is 95.3 cm³/mol. The zero-order valence-corrected chi connectivity index (χ0v) is 14.9. The maximum Gasteiger partial charge on any atom is 0.356 e. The quantitative estimate of drug-likeness (QED) is 0.745. The van der Waals surface area contributed by atoms with Crippen LogP contribution in [0.1, 0.15) is 49.3 Å². The summed E-state index contributed by atoms with van der Waals surface area (Å²) in [5.41, 5.74) is -3.19. The lowest BCUT2D eigenvalue weighted by atomic mass is 9.85. The summed E-state index contributed by atoms with van der Waals surface area (Å²) in [6, 6.07) is 6.37. The SMILES string of the molecule is O=C(NC1CC2(CCCC2)Oc2ccccc21)C(F)(F)c1c[nH]c(=O)[nH]c1=O. The number of hydrogen-bond donors (Lipinski definition) is 3. The van der Waals surface area contributed by atoms with Crippen molar-refractivity contribution in [3.63, 3.8) is 0 Å². The van der Waals surface area contributed by atoms with Crippen LogP contribution in [0, 0.1) is 0 Å². The Bertz CT molecular complexity index is 1020. The number of para-hydroxylation sites is 1. The highest BCUT2D eigenvalue weighted by Gasteiger charge is 2.48. The Kier molecular flexibility index (Phi) is 4.32. The van der Waals surface area contributed by atoms with Gasteiger partial charge in [-0.15, -0.1) is 0 Å². The molecule has 28 heavy (non-hydrogen) atoms. The summed E-state index contributed by atoms with van der Waals surface area (Å²) in [6.45, 7) is 0. The lowest BCUT2D eigenvalue weighted by Gasteiger charge is -2.40. The summed E-state index contributed by atoms with van der Waals surface area (Å²) in [7, 11) is 0. The topological polar surface area (TPSA) is 104 Å². The molecule has 2 heterocycles. The van der Waals surface area contributed by atoms with Crippen molar-refractivity contribution in [2.45, 2.75) is 49.7 Å². The highest BCUT2D eigenvalue weighted by atomic mass is 19.3. The molecule has 7 nitrogen and oxygen atoms in total. The molecule has 148 valence electrons. The van der Waals surface area contributed by atoms with E-state index in [0.717, 1.165) is 25.7 Å². The second-order valence-electron chi connectivity index (χ2n) is 7.32. The van der Waals surface area contributed by atoms with Gasteiger partial charge in [0.2, 0.25) is 0 Å². The normalized spacial score (nSPS) is 20.4. The molecule has 1 unspecified atom stereocenters. The zero-order chi connectivity index (χ0) is 19.9. The first-order chi connectivity index (χ1) is 13.3. The fourth-order valence-electron chi connectivity index (χ4n) is 4.09. The average molecular weight is 391 g/mol. The van der Waals surface area contributed by atoms with Crippen molar-refractivity contribution in [1.82, 2.24) is 15.3 Å². The summed E-state index contributed by atoms with van der Waals surface area (Å²) in [5.74, 6) is -5.13. The molecule has 1 amide bonds. The van der Waals surface area contributed by atoms with Crippen LogP contribution in [0.2, 0.25) is 0 Å². The van der Waals surface area contributed by atoms with Gasteiger partial charge in [0.25, 0.3) is 11.5 Å². The van der Waals surface area contributed by atoms with Crippen LogP contribution in [-0.2, 0) is 10.7 Å². The lowest BCUT2D eigenvalue weighted by Crippen LogP contribution is -2.48. The van der Waals surface area contributed by atoms with E-state index in [2.05, 4.69) is 5.32 Å². The second-order valence-corrected chi connectivity index (χ2v) is 7.32. The van der Waals surface area contributed by atoms with E-state index >= 15 is 0 Å². The number of fused-ring (bicyclic) bond motifs is 1. The fourth-order valence-corrected chi connectivity index (χ4v) is 4.09. The van der Waals surface area contributed by atoms with E-state index in [1.54, 1.807) is 29.2 Å².